The maximum absolute atomic E-state index is 13.0. The van der Waals surface area contributed by atoms with Crippen LogP contribution in [0.25, 0.3) is 0 Å². The number of benzene rings is 3. The Kier molecular flexibility index (Phi) is 8.36. The fourth-order valence-electron chi connectivity index (χ4n) is 3.78. The van der Waals surface area contributed by atoms with Crippen molar-refractivity contribution in [1.82, 2.24) is 5.09 Å². The van der Waals surface area contributed by atoms with E-state index in [2.05, 4.69) is 38.8 Å². The van der Waals surface area contributed by atoms with Crippen LogP contribution in [0.2, 0.25) is 0 Å². The second-order valence-corrected chi connectivity index (χ2v) is 11.0. The number of phenols is 1. The lowest BCUT2D eigenvalue weighted by Gasteiger charge is -2.19. The summed E-state index contributed by atoms with van der Waals surface area (Å²) in [5, 5.41) is 12.9. The van der Waals surface area contributed by atoms with Gasteiger partial charge in [-0.25, -0.2) is 5.09 Å². The third kappa shape index (κ3) is 6.70. The van der Waals surface area contributed by atoms with Crippen molar-refractivity contribution in [2.75, 3.05) is 13.4 Å². The van der Waals surface area contributed by atoms with E-state index < -0.39 is 7.52 Å². The molecule has 0 saturated heterocycles. The molecule has 0 saturated carbocycles. The Morgan fingerprint density at radius 2 is 1.64 bits per heavy atom. The highest BCUT2D eigenvalue weighted by atomic mass is 31.2. The van der Waals surface area contributed by atoms with Gasteiger partial charge in [-0.2, -0.15) is 0 Å². The highest BCUT2D eigenvalue weighted by Gasteiger charge is 2.22. The number of hydrogen-bond acceptors (Lipinski definition) is 4. The minimum absolute atomic E-state index is 0.0513. The molecular formula is C27H34NO4P. The molecule has 2 N–H and O–H groups in total. The zero-order valence-electron chi connectivity index (χ0n) is 20.1. The second kappa shape index (κ2) is 11.0. The summed E-state index contributed by atoms with van der Waals surface area (Å²) in [6.07, 6.45) is 0.720. The van der Waals surface area contributed by atoms with Gasteiger partial charge in [0.1, 0.15) is 11.5 Å². The molecule has 0 radical (unpaired) electrons. The maximum Gasteiger partial charge on any atom is 0.306 e. The molecule has 3 rings (SSSR count). The molecule has 0 aliphatic heterocycles. The Balaban J connectivity index is 1.69. The molecule has 176 valence electrons. The van der Waals surface area contributed by atoms with Crippen molar-refractivity contribution in [3.8, 4) is 11.5 Å². The molecule has 33 heavy (non-hydrogen) atoms. The normalized spacial score (nSPS) is 13.2. The average molecular weight is 468 g/mol. The van der Waals surface area contributed by atoms with E-state index in [1.807, 2.05) is 48.5 Å². The maximum atomic E-state index is 13.0. The van der Waals surface area contributed by atoms with Gasteiger partial charge in [0.2, 0.25) is 0 Å². The SMILES string of the molecule is CNP(=O)(COc1cc(C)c(Cc2ccc(O)c(C(C)C)c2)c(C)c1)OCc1ccccc1. The number of hydrogen-bond donors (Lipinski definition) is 2. The lowest BCUT2D eigenvalue weighted by molar-refractivity contribution is 0.267. The number of ether oxygens (including phenoxy) is 1. The van der Waals surface area contributed by atoms with E-state index in [1.54, 1.807) is 13.1 Å². The zero-order chi connectivity index (χ0) is 24.0. The lowest BCUT2D eigenvalue weighted by Crippen LogP contribution is -2.14. The van der Waals surface area contributed by atoms with E-state index >= 15 is 0 Å². The number of phenolic OH excluding ortho intramolecular Hbond substituents is 1. The van der Waals surface area contributed by atoms with E-state index in [0.29, 0.717) is 11.5 Å². The van der Waals surface area contributed by atoms with Gasteiger partial charge in [-0.15, -0.1) is 0 Å². The van der Waals surface area contributed by atoms with E-state index in [4.69, 9.17) is 9.26 Å². The fraction of sp³-hybridized carbons (Fsp3) is 0.333. The molecule has 1 atom stereocenters. The standard InChI is InChI=1S/C27H34NO4P/c1-19(2)25-15-23(11-12-27(25)29)16-26-20(3)13-24(14-21(26)4)31-18-33(30,28-5)32-17-22-9-7-6-8-10-22/h6-15,19,29H,16-18H2,1-5H3,(H,28,30). The Morgan fingerprint density at radius 1 is 0.970 bits per heavy atom. The summed E-state index contributed by atoms with van der Waals surface area (Å²) in [5.74, 6) is 1.27. The summed E-state index contributed by atoms with van der Waals surface area (Å²) in [5.41, 5.74) is 6.51. The quantitative estimate of drug-likeness (QED) is 0.325. The number of nitrogens with one attached hydrogen (secondary N) is 1. The Morgan fingerprint density at radius 3 is 2.24 bits per heavy atom. The molecule has 6 heteroatoms. The molecule has 3 aromatic rings. The zero-order valence-corrected chi connectivity index (χ0v) is 21.0. The fourth-order valence-corrected chi connectivity index (χ4v) is 4.78. The lowest BCUT2D eigenvalue weighted by atomic mass is 9.93. The highest BCUT2D eigenvalue weighted by molar-refractivity contribution is 7.56. The summed E-state index contributed by atoms with van der Waals surface area (Å²) in [4.78, 5) is 0. The van der Waals surface area contributed by atoms with E-state index in [9.17, 15) is 9.67 Å². The summed E-state index contributed by atoms with van der Waals surface area (Å²) in [6.45, 7) is 8.53. The van der Waals surface area contributed by atoms with Crippen LogP contribution in [0.3, 0.4) is 0 Å². The predicted octanol–water partition coefficient (Wildman–Crippen LogP) is 6.69. The molecule has 3 aromatic carbocycles. The number of rotatable bonds is 10. The van der Waals surface area contributed by atoms with Crippen molar-refractivity contribution in [3.05, 3.63) is 94.0 Å². The van der Waals surface area contributed by atoms with Crippen molar-refractivity contribution < 1.29 is 18.9 Å². The third-order valence-electron chi connectivity index (χ3n) is 5.79. The van der Waals surface area contributed by atoms with Crippen LogP contribution in [-0.4, -0.2) is 18.5 Å². The second-order valence-electron chi connectivity index (χ2n) is 8.69. The van der Waals surface area contributed by atoms with Crippen LogP contribution in [-0.2, 0) is 22.1 Å². The average Bonchev–Trinajstić information content (AvgIpc) is 2.80. The summed E-state index contributed by atoms with van der Waals surface area (Å²) < 4.78 is 24.6. The van der Waals surface area contributed by atoms with Crippen LogP contribution < -0.4 is 9.82 Å². The summed E-state index contributed by atoms with van der Waals surface area (Å²) in [6, 6.07) is 19.4. The van der Waals surface area contributed by atoms with Crippen LogP contribution in [0.4, 0.5) is 0 Å². The van der Waals surface area contributed by atoms with Gasteiger partial charge in [0.05, 0.1) is 6.61 Å². The monoisotopic (exact) mass is 467 g/mol. The highest BCUT2D eigenvalue weighted by Crippen LogP contribution is 2.43. The van der Waals surface area contributed by atoms with Gasteiger partial charge < -0.3 is 14.4 Å². The molecule has 0 amide bonds. The molecule has 0 aliphatic rings. The van der Waals surface area contributed by atoms with E-state index in [1.165, 1.54) is 5.56 Å². The Bertz CT molecular complexity index is 1110. The van der Waals surface area contributed by atoms with E-state index in [0.717, 1.165) is 34.2 Å². The molecular weight excluding hydrogens is 433 g/mol. The van der Waals surface area contributed by atoms with Crippen LogP contribution in [0.5, 0.6) is 11.5 Å². The van der Waals surface area contributed by atoms with Gasteiger partial charge in [-0.05, 0) is 84.8 Å². The minimum atomic E-state index is -3.14. The van der Waals surface area contributed by atoms with Crippen molar-refractivity contribution in [2.45, 2.75) is 46.6 Å². The molecule has 0 aromatic heterocycles. The first kappa shape index (κ1) is 25.0. The van der Waals surface area contributed by atoms with Gasteiger partial charge >= 0.3 is 7.52 Å². The smallest absolute Gasteiger partial charge is 0.306 e. The number of aromatic hydroxyl groups is 1. The first-order valence-corrected chi connectivity index (χ1v) is 13.0. The molecule has 0 aliphatic carbocycles. The van der Waals surface area contributed by atoms with Gasteiger partial charge in [0.25, 0.3) is 0 Å². The predicted molar refractivity (Wildman–Crippen MR) is 134 cm³/mol. The van der Waals surface area contributed by atoms with Crippen LogP contribution >= 0.6 is 7.52 Å². The molecule has 0 heterocycles. The molecule has 0 bridgehead atoms. The van der Waals surface area contributed by atoms with Gasteiger partial charge in [-0.1, -0.05) is 56.3 Å². The van der Waals surface area contributed by atoms with Gasteiger partial charge in [0.15, 0.2) is 6.35 Å². The Labute approximate surface area is 197 Å². The first-order chi connectivity index (χ1) is 15.7. The molecule has 1 unspecified atom stereocenters. The number of aryl methyl sites for hydroxylation is 2. The van der Waals surface area contributed by atoms with Crippen molar-refractivity contribution in [1.29, 1.82) is 0 Å². The molecule has 0 fully saturated rings. The van der Waals surface area contributed by atoms with Crippen LogP contribution in [0.1, 0.15) is 53.1 Å². The van der Waals surface area contributed by atoms with Crippen LogP contribution in [0.15, 0.2) is 60.7 Å². The third-order valence-corrected chi connectivity index (χ3v) is 7.49. The van der Waals surface area contributed by atoms with Crippen LogP contribution in [0, 0.1) is 13.8 Å². The van der Waals surface area contributed by atoms with Gasteiger partial charge in [0, 0.05) is 0 Å². The molecule has 0 spiro atoms. The van der Waals surface area contributed by atoms with Crippen molar-refractivity contribution in [2.24, 2.45) is 0 Å². The summed E-state index contributed by atoms with van der Waals surface area (Å²) in [7, 11) is -1.52. The van der Waals surface area contributed by atoms with Crippen molar-refractivity contribution in [3.63, 3.8) is 0 Å². The largest absolute Gasteiger partial charge is 0.508 e. The molecule has 5 nitrogen and oxygen atoms in total. The Hall–Kier alpha value is -2.59. The van der Waals surface area contributed by atoms with Crippen molar-refractivity contribution >= 4 is 7.52 Å². The van der Waals surface area contributed by atoms with E-state index in [-0.39, 0.29) is 18.9 Å². The first-order valence-electron chi connectivity index (χ1n) is 11.2. The minimum Gasteiger partial charge on any atom is -0.508 e. The topological polar surface area (TPSA) is 67.8 Å². The summed E-state index contributed by atoms with van der Waals surface area (Å²) >= 11 is 0. The van der Waals surface area contributed by atoms with Gasteiger partial charge in [-0.3, -0.25) is 4.57 Å².